The smallest absolute Gasteiger partial charge is 0.258 e. The second kappa shape index (κ2) is 7.67. The first-order valence-electron chi connectivity index (χ1n) is 6.67. The minimum atomic E-state index is -0.152. The molecular formula is C15H23NO3. The normalized spacial score (nSPS) is 10.4. The molecule has 106 valence electrons. The maximum Gasteiger partial charge on any atom is 0.258 e. The molecule has 0 saturated carbocycles. The van der Waals surface area contributed by atoms with Crippen LogP contribution in [0.1, 0.15) is 37.0 Å². The fourth-order valence-corrected chi connectivity index (χ4v) is 1.98. The Hall–Kier alpha value is -1.71. The van der Waals surface area contributed by atoms with Gasteiger partial charge in [0.25, 0.3) is 5.91 Å². The second-order valence-electron chi connectivity index (χ2n) is 4.43. The van der Waals surface area contributed by atoms with E-state index in [0.29, 0.717) is 29.5 Å². The molecule has 1 N–H and O–H groups in total. The van der Waals surface area contributed by atoms with Gasteiger partial charge in [-0.15, -0.1) is 0 Å². The molecule has 0 radical (unpaired) electrons. The zero-order valence-electron chi connectivity index (χ0n) is 12.2. The first-order chi connectivity index (χ1) is 9.17. The Labute approximate surface area is 115 Å². The highest BCUT2D eigenvalue weighted by Crippen LogP contribution is 2.28. The highest BCUT2D eigenvalue weighted by atomic mass is 16.5. The van der Waals surface area contributed by atoms with Gasteiger partial charge in [0.1, 0.15) is 17.1 Å². The third-order valence-electron chi connectivity index (χ3n) is 3.36. The summed E-state index contributed by atoms with van der Waals surface area (Å²) in [6, 6.07) is 5.32. The number of hydrogen-bond donors (Lipinski definition) is 1. The molecule has 1 aromatic carbocycles. The van der Waals surface area contributed by atoms with Gasteiger partial charge >= 0.3 is 0 Å². The number of hydrogen-bond acceptors (Lipinski definition) is 3. The van der Waals surface area contributed by atoms with Gasteiger partial charge in [0.2, 0.25) is 0 Å². The van der Waals surface area contributed by atoms with Crippen LogP contribution in [0.15, 0.2) is 18.2 Å². The van der Waals surface area contributed by atoms with E-state index < -0.39 is 0 Å². The summed E-state index contributed by atoms with van der Waals surface area (Å²) >= 11 is 0. The third kappa shape index (κ3) is 3.88. The van der Waals surface area contributed by atoms with E-state index in [1.54, 1.807) is 32.4 Å². The Morgan fingerprint density at radius 1 is 1.16 bits per heavy atom. The quantitative estimate of drug-likeness (QED) is 0.824. The van der Waals surface area contributed by atoms with Gasteiger partial charge in [-0.25, -0.2) is 0 Å². The molecule has 0 bridgehead atoms. The molecule has 1 rings (SSSR count). The van der Waals surface area contributed by atoms with Crippen molar-refractivity contribution in [2.45, 2.75) is 26.7 Å². The van der Waals surface area contributed by atoms with Crippen LogP contribution in [0.25, 0.3) is 0 Å². The van der Waals surface area contributed by atoms with Crippen LogP contribution < -0.4 is 14.8 Å². The van der Waals surface area contributed by atoms with Crippen molar-refractivity contribution in [3.8, 4) is 11.5 Å². The lowest BCUT2D eigenvalue weighted by molar-refractivity contribution is 0.0940. The van der Waals surface area contributed by atoms with Gasteiger partial charge in [0.15, 0.2) is 0 Å². The van der Waals surface area contributed by atoms with Crippen LogP contribution in [0.4, 0.5) is 0 Å². The molecular weight excluding hydrogens is 242 g/mol. The van der Waals surface area contributed by atoms with E-state index in [2.05, 4.69) is 19.2 Å². The molecule has 0 aliphatic heterocycles. The summed E-state index contributed by atoms with van der Waals surface area (Å²) in [7, 11) is 3.10. The number of ether oxygens (including phenoxy) is 2. The Bertz CT molecular complexity index is 392. The summed E-state index contributed by atoms with van der Waals surface area (Å²) in [4.78, 5) is 12.3. The van der Waals surface area contributed by atoms with Crippen LogP contribution >= 0.6 is 0 Å². The lowest BCUT2D eigenvalue weighted by atomic mass is 10.0. The van der Waals surface area contributed by atoms with E-state index in [1.807, 2.05) is 0 Å². The average Bonchev–Trinajstić information content (AvgIpc) is 2.46. The van der Waals surface area contributed by atoms with Crippen molar-refractivity contribution in [1.82, 2.24) is 5.32 Å². The molecule has 1 amide bonds. The third-order valence-corrected chi connectivity index (χ3v) is 3.36. The topological polar surface area (TPSA) is 47.6 Å². The zero-order chi connectivity index (χ0) is 14.3. The predicted molar refractivity (Wildman–Crippen MR) is 76.0 cm³/mol. The SMILES string of the molecule is CCC(CC)CNC(=O)c1c(OC)cccc1OC. The summed E-state index contributed by atoms with van der Waals surface area (Å²) in [5, 5.41) is 2.95. The van der Waals surface area contributed by atoms with Crippen LogP contribution in [-0.4, -0.2) is 26.7 Å². The number of carbonyl (C=O) groups excluding carboxylic acids is 1. The molecule has 0 fully saturated rings. The van der Waals surface area contributed by atoms with Crippen molar-refractivity contribution in [3.05, 3.63) is 23.8 Å². The van der Waals surface area contributed by atoms with Crippen LogP contribution in [0, 0.1) is 5.92 Å². The second-order valence-corrected chi connectivity index (χ2v) is 4.43. The summed E-state index contributed by atoms with van der Waals surface area (Å²) in [5.74, 6) is 1.41. The average molecular weight is 265 g/mol. The molecule has 19 heavy (non-hydrogen) atoms. The van der Waals surface area contributed by atoms with E-state index in [4.69, 9.17) is 9.47 Å². The lowest BCUT2D eigenvalue weighted by Crippen LogP contribution is -2.29. The summed E-state index contributed by atoms with van der Waals surface area (Å²) in [6.07, 6.45) is 2.11. The van der Waals surface area contributed by atoms with Gasteiger partial charge in [-0.1, -0.05) is 32.8 Å². The Kier molecular flexibility index (Phi) is 6.19. The number of rotatable bonds is 7. The molecule has 0 aliphatic rings. The Balaban J connectivity index is 2.86. The fraction of sp³-hybridized carbons (Fsp3) is 0.533. The summed E-state index contributed by atoms with van der Waals surface area (Å²) in [5.41, 5.74) is 0.457. The van der Waals surface area contributed by atoms with Gasteiger partial charge < -0.3 is 14.8 Å². The molecule has 0 spiro atoms. The van der Waals surface area contributed by atoms with Crippen molar-refractivity contribution in [3.63, 3.8) is 0 Å². The number of amides is 1. The van der Waals surface area contributed by atoms with E-state index >= 15 is 0 Å². The zero-order valence-corrected chi connectivity index (χ0v) is 12.2. The van der Waals surface area contributed by atoms with Crippen LogP contribution in [0.3, 0.4) is 0 Å². The van der Waals surface area contributed by atoms with Crippen molar-refractivity contribution in [1.29, 1.82) is 0 Å². The van der Waals surface area contributed by atoms with Crippen LogP contribution in [0.2, 0.25) is 0 Å². The van der Waals surface area contributed by atoms with E-state index in [9.17, 15) is 4.79 Å². The van der Waals surface area contributed by atoms with Gasteiger partial charge in [-0.2, -0.15) is 0 Å². The van der Waals surface area contributed by atoms with Crippen LogP contribution in [-0.2, 0) is 0 Å². The number of benzene rings is 1. The molecule has 0 aliphatic carbocycles. The van der Waals surface area contributed by atoms with E-state index in [1.165, 1.54) is 0 Å². The molecule has 1 aromatic rings. The van der Waals surface area contributed by atoms with Gasteiger partial charge in [0.05, 0.1) is 14.2 Å². The van der Waals surface area contributed by atoms with Gasteiger partial charge in [-0.3, -0.25) is 4.79 Å². The number of carbonyl (C=O) groups is 1. The van der Waals surface area contributed by atoms with E-state index in [-0.39, 0.29) is 5.91 Å². The number of nitrogens with one attached hydrogen (secondary N) is 1. The molecule has 0 heterocycles. The molecule has 0 unspecified atom stereocenters. The van der Waals surface area contributed by atoms with E-state index in [0.717, 1.165) is 12.8 Å². The first kappa shape index (κ1) is 15.3. The highest BCUT2D eigenvalue weighted by molar-refractivity contribution is 5.99. The molecule has 0 aromatic heterocycles. The minimum Gasteiger partial charge on any atom is -0.496 e. The number of methoxy groups -OCH3 is 2. The summed E-state index contributed by atoms with van der Waals surface area (Å²) in [6.45, 7) is 4.93. The predicted octanol–water partition coefficient (Wildman–Crippen LogP) is 2.87. The molecule has 4 heteroatoms. The highest BCUT2D eigenvalue weighted by Gasteiger charge is 2.18. The molecule has 0 saturated heterocycles. The fourth-order valence-electron chi connectivity index (χ4n) is 1.98. The van der Waals surface area contributed by atoms with Crippen molar-refractivity contribution < 1.29 is 14.3 Å². The molecule has 4 nitrogen and oxygen atoms in total. The Morgan fingerprint density at radius 3 is 2.11 bits per heavy atom. The van der Waals surface area contributed by atoms with Crippen molar-refractivity contribution in [2.24, 2.45) is 5.92 Å². The largest absolute Gasteiger partial charge is 0.496 e. The molecule has 0 atom stereocenters. The maximum absolute atomic E-state index is 12.3. The Morgan fingerprint density at radius 2 is 1.68 bits per heavy atom. The monoisotopic (exact) mass is 265 g/mol. The van der Waals surface area contributed by atoms with Crippen molar-refractivity contribution >= 4 is 5.91 Å². The van der Waals surface area contributed by atoms with Crippen LogP contribution in [0.5, 0.6) is 11.5 Å². The van der Waals surface area contributed by atoms with Gasteiger partial charge in [-0.05, 0) is 18.1 Å². The standard InChI is InChI=1S/C15H23NO3/c1-5-11(6-2)10-16-15(17)14-12(18-3)8-7-9-13(14)19-4/h7-9,11H,5-6,10H2,1-4H3,(H,16,17). The first-order valence-corrected chi connectivity index (χ1v) is 6.67. The minimum absolute atomic E-state index is 0.152. The van der Waals surface area contributed by atoms with Crippen molar-refractivity contribution in [2.75, 3.05) is 20.8 Å². The summed E-state index contributed by atoms with van der Waals surface area (Å²) < 4.78 is 10.5. The van der Waals surface area contributed by atoms with Gasteiger partial charge in [0, 0.05) is 6.54 Å². The lowest BCUT2D eigenvalue weighted by Gasteiger charge is -2.16. The maximum atomic E-state index is 12.3.